The van der Waals surface area contributed by atoms with Gasteiger partial charge in [0.2, 0.25) is 0 Å². The summed E-state index contributed by atoms with van der Waals surface area (Å²) < 4.78 is 5.30. The molecule has 0 saturated heterocycles. The van der Waals surface area contributed by atoms with Gasteiger partial charge >= 0.3 is 0 Å². The van der Waals surface area contributed by atoms with Crippen LogP contribution in [-0.2, 0) is 0 Å². The molecule has 0 unspecified atom stereocenters. The maximum Gasteiger partial charge on any atom is 0.280 e. The summed E-state index contributed by atoms with van der Waals surface area (Å²) in [6.45, 7) is 2.50. The lowest BCUT2D eigenvalue weighted by Crippen LogP contribution is -2.14. The predicted molar refractivity (Wildman–Crippen MR) is 66.4 cm³/mol. The Labute approximate surface area is 103 Å². The van der Waals surface area contributed by atoms with E-state index in [1.165, 1.54) is 0 Å². The first-order chi connectivity index (χ1) is 8.70. The highest BCUT2D eigenvalue weighted by Crippen LogP contribution is 2.16. The number of nitrogen functional groups attached to an aromatic ring is 1. The largest absolute Gasteiger partial charge is 0.494 e. The SMILES string of the molecule is CCOc1ccc(NC(=O)c2n[nH]nc2N)cc1. The molecule has 1 aromatic carbocycles. The number of carbonyl (C=O) groups is 1. The molecule has 0 radical (unpaired) electrons. The van der Waals surface area contributed by atoms with Gasteiger partial charge in [-0.2, -0.15) is 5.21 Å². The number of benzene rings is 1. The Morgan fingerprint density at radius 3 is 2.67 bits per heavy atom. The topological polar surface area (TPSA) is 106 Å². The average Bonchev–Trinajstić information content (AvgIpc) is 2.78. The van der Waals surface area contributed by atoms with E-state index in [-0.39, 0.29) is 11.5 Å². The molecule has 7 heteroatoms. The van der Waals surface area contributed by atoms with Crippen LogP contribution in [0.5, 0.6) is 5.75 Å². The van der Waals surface area contributed by atoms with E-state index in [0.29, 0.717) is 12.3 Å². The number of nitrogens with two attached hydrogens (primary N) is 1. The Kier molecular flexibility index (Phi) is 3.42. The summed E-state index contributed by atoms with van der Waals surface area (Å²) in [6.07, 6.45) is 0. The monoisotopic (exact) mass is 247 g/mol. The summed E-state index contributed by atoms with van der Waals surface area (Å²) in [6, 6.07) is 7.01. The van der Waals surface area contributed by atoms with Crippen LogP contribution in [0.3, 0.4) is 0 Å². The standard InChI is InChI=1S/C11H13N5O2/c1-2-18-8-5-3-7(4-6-8)13-11(17)9-10(12)15-16-14-9/h3-6H,2H2,1H3,(H,13,17)(H3,12,14,15,16). The van der Waals surface area contributed by atoms with Gasteiger partial charge in [0, 0.05) is 5.69 Å². The summed E-state index contributed by atoms with van der Waals surface area (Å²) in [5, 5.41) is 12.2. The molecule has 0 saturated carbocycles. The third kappa shape index (κ3) is 2.57. The van der Waals surface area contributed by atoms with Crippen LogP contribution in [0.2, 0.25) is 0 Å². The average molecular weight is 247 g/mol. The molecule has 0 aliphatic rings. The van der Waals surface area contributed by atoms with Crippen LogP contribution < -0.4 is 15.8 Å². The minimum atomic E-state index is -0.412. The Balaban J connectivity index is 2.05. The Bertz CT molecular complexity index is 535. The van der Waals surface area contributed by atoms with Crippen molar-refractivity contribution in [2.45, 2.75) is 6.92 Å². The zero-order valence-corrected chi connectivity index (χ0v) is 9.80. The molecule has 0 aliphatic carbocycles. The first-order valence-electron chi connectivity index (χ1n) is 5.41. The molecule has 0 fully saturated rings. The molecule has 7 nitrogen and oxygen atoms in total. The molecular formula is C11H13N5O2. The van der Waals surface area contributed by atoms with E-state index >= 15 is 0 Å². The molecule has 0 bridgehead atoms. The highest BCUT2D eigenvalue weighted by atomic mass is 16.5. The van der Waals surface area contributed by atoms with Crippen molar-refractivity contribution in [2.24, 2.45) is 0 Å². The lowest BCUT2D eigenvalue weighted by Gasteiger charge is -2.05. The first kappa shape index (κ1) is 11.9. The normalized spacial score (nSPS) is 10.1. The number of H-pyrrole nitrogens is 1. The van der Waals surface area contributed by atoms with E-state index in [1.54, 1.807) is 24.3 Å². The van der Waals surface area contributed by atoms with Gasteiger partial charge in [-0.15, -0.1) is 10.2 Å². The number of nitrogens with zero attached hydrogens (tertiary/aromatic N) is 2. The number of hydrogen-bond acceptors (Lipinski definition) is 5. The third-order valence-electron chi connectivity index (χ3n) is 2.21. The van der Waals surface area contributed by atoms with E-state index in [9.17, 15) is 4.79 Å². The van der Waals surface area contributed by atoms with Crippen LogP contribution in [0, 0.1) is 0 Å². The van der Waals surface area contributed by atoms with Crippen molar-refractivity contribution < 1.29 is 9.53 Å². The fourth-order valence-corrected chi connectivity index (χ4v) is 1.40. The second-order valence-electron chi connectivity index (χ2n) is 3.47. The van der Waals surface area contributed by atoms with Crippen molar-refractivity contribution in [2.75, 3.05) is 17.7 Å². The Morgan fingerprint density at radius 1 is 1.39 bits per heavy atom. The molecule has 2 aromatic rings. The Morgan fingerprint density at radius 2 is 2.11 bits per heavy atom. The van der Waals surface area contributed by atoms with Crippen LogP contribution in [0.25, 0.3) is 0 Å². The predicted octanol–water partition coefficient (Wildman–Crippen LogP) is 1.04. The molecule has 4 N–H and O–H groups in total. The van der Waals surface area contributed by atoms with Gasteiger partial charge in [0.1, 0.15) is 5.75 Å². The van der Waals surface area contributed by atoms with Crippen LogP contribution >= 0.6 is 0 Å². The molecule has 1 aromatic heterocycles. The quantitative estimate of drug-likeness (QED) is 0.748. The highest BCUT2D eigenvalue weighted by Gasteiger charge is 2.13. The van der Waals surface area contributed by atoms with E-state index in [2.05, 4.69) is 20.7 Å². The van der Waals surface area contributed by atoms with Crippen LogP contribution in [0.15, 0.2) is 24.3 Å². The van der Waals surface area contributed by atoms with Gasteiger partial charge in [0.25, 0.3) is 5.91 Å². The van der Waals surface area contributed by atoms with Crippen LogP contribution in [-0.4, -0.2) is 27.9 Å². The molecule has 0 spiro atoms. The van der Waals surface area contributed by atoms with E-state index in [0.717, 1.165) is 5.75 Å². The molecule has 1 amide bonds. The van der Waals surface area contributed by atoms with Crippen molar-refractivity contribution in [3.63, 3.8) is 0 Å². The maximum atomic E-state index is 11.8. The minimum Gasteiger partial charge on any atom is -0.494 e. The summed E-state index contributed by atoms with van der Waals surface area (Å²) >= 11 is 0. The molecule has 18 heavy (non-hydrogen) atoms. The molecule has 2 rings (SSSR count). The lowest BCUT2D eigenvalue weighted by atomic mass is 10.3. The summed E-state index contributed by atoms with van der Waals surface area (Å²) in [7, 11) is 0. The van der Waals surface area contributed by atoms with Crippen molar-refractivity contribution in [3.05, 3.63) is 30.0 Å². The number of ether oxygens (including phenoxy) is 1. The number of hydrogen-bond donors (Lipinski definition) is 3. The number of amides is 1. The van der Waals surface area contributed by atoms with Crippen molar-refractivity contribution in [1.82, 2.24) is 15.4 Å². The molecule has 0 aliphatic heterocycles. The minimum absolute atomic E-state index is 0.0680. The summed E-state index contributed by atoms with van der Waals surface area (Å²) in [5.41, 5.74) is 6.18. The van der Waals surface area contributed by atoms with Crippen molar-refractivity contribution in [3.8, 4) is 5.75 Å². The number of anilines is 2. The molecule has 94 valence electrons. The summed E-state index contributed by atoms with van der Waals surface area (Å²) in [5.74, 6) is 0.403. The number of aromatic nitrogens is 3. The van der Waals surface area contributed by atoms with Crippen LogP contribution in [0.4, 0.5) is 11.5 Å². The van der Waals surface area contributed by atoms with Gasteiger partial charge in [-0.3, -0.25) is 4.79 Å². The van der Waals surface area contributed by atoms with Gasteiger partial charge < -0.3 is 15.8 Å². The van der Waals surface area contributed by atoms with Crippen LogP contribution in [0.1, 0.15) is 17.4 Å². The number of carbonyl (C=O) groups excluding carboxylic acids is 1. The zero-order chi connectivity index (χ0) is 13.0. The van der Waals surface area contributed by atoms with Gasteiger partial charge in [-0.1, -0.05) is 0 Å². The highest BCUT2D eigenvalue weighted by molar-refractivity contribution is 6.05. The third-order valence-corrected chi connectivity index (χ3v) is 2.21. The van der Waals surface area contributed by atoms with Gasteiger partial charge in [0.05, 0.1) is 6.61 Å². The maximum absolute atomic E-state index is 11.8. The second-order valence-corrected chi connectivity index (χ2v) is 3.47. The van der Waals surface area contributed by atoms with E-state index in [1.807, 2.05) is 6.92 Å². The lowest BCUT2D eigenvalue weighted by molar-refractivity contribution is 0.102. The molecule has 0 atom stereocenters. The fourth-order valence-electron chi connectivity index (χ4n) is 1.40. The fraction of sp³-hybridized carbons (Fsp3) is 0.182. The molecule has 1 heterocycles. The Hall–Kier alpha value is -2.57. The zero-order valence-electron chi connectivity index (χ0n) is 9.80. The van der Waals surface area contributed by atoms with Gasteiger partial charge in [-0.05, 0) is 31.2 Å². The second kappa shape index (κ2) is 5.17. The van der Waals surface area contributed by atoms with Gasteiger partial charge in [-0.25, -0.2) is 0 Å². The number of rotatable bonds is 4. The van der Waals surface area contributed by atoms with E-state index < -0.39 is 5.91 Å². The van der Waals surface area contributed by atoms with Crippen molar-refractivity contribution >= 4 is 17.4 Å². The first-order valence-corrected chi connectivity index (χ1v) is 5.41. The number of nitrogens with one attached hydrogen (secondary N) is 2. The smallest absolute Gasteiger partial charge is 0.280 e. The number of aromatic amines is 1. The van der Waals surface area contributed by atoms with Crippen molar-refractivity contribution in [1.29, 1.82) is 0 Å². The van der Waals surface area contributed by atoms with Gasteiger partial charge in [0.15, 0.2) is 11.5 Å². The summed E-state index contributed by atoms with van der Waals surface area (Å²) in [4.78, 5) is 11.8. The van der Waals surface area contributed by atoms with E-state index in [4.69, 9.17) is 10.5 Å². The molecular weight excluding hydrogens is 234 g/mol.